The van der Waals surface area contributed by atoms with E-state index < -0.39 is 0 Å². The third-order valence-electron chi connectivity index (χ3n) is 5.27. The number of imide groups is 1. The highest BCUT2D eigenvalue weighted by atomic mass is 16.3. The molecule has 3 fully saturated rings. The van der Waals surface area contributed by atoms with Crippen molar-refractivity contribution in [2.24, 2.45) is 17.8 Å². The lowest BCUT2D eigenvalue weighted by Crippen LogP contribution is -2.50. The van der Waals surface area contributed by atoms with Gasteiger partial charge in [0.05, 0.1) is 6.10 Å². The van der Waals surface area contributed by atoms with Gasteiger partial charge in [0.15, 0.2) is 0 Å². The quantitative estimate of drug-likeness (QED) is 0.734. The lowest BCUT2D eigenvalue weighted by atomic mass is 9.84. The molecule has 0 aromatic rings. The zero-order valence-electron chi connectivity index (χ0n) is 11.4. The second-order valence-corrected chi connectivity index (χ2v) is 6.37. The van der Waals surface area contributed by atoms with E-state index in [1.54, 1.807) is 0 Å². The van der Waals surface area contributed by atoms with Crippen molar-refractivity contribution in [2.45, 2.75) is 57.5 Å². The van der Waals surface area contributed by atoms with Gasteiger partial charge in [0.2, 0.25) is 11.8 Å². The molecule has 2 amide bonds. The maximum atomic E-state index is 12.5. The van der Waals surface area contributed by atoms with Crippen LogP contribution in [-0.2, 0) is 9.59 Å². The second kappa shape index (κ2) is 5.23. The van der Waals surface area contributed by atoms with E-state index in [9.17, 15) is 14.7 Å². The van der Waals surface area contributed by atoms with Gasteiger partial charge in [0, 0.05) is 18.4 Å². The summed E-state index contributed by atoms with van der Waals surface area (Å²) in [6.07, 6.45) is 7.25. The molecule has 2 saturated carbocycles. The van der Waals surface area contributed by atoms with Crippen molar-refractivity contribution >= 4 is 11.8 Å². The Labute approximate surface area is 114 Å². The second-order valence-electron chi connectivity index (χ2n) is 6.37. The number of hydrogen-bond acceptors (Lipinski definition) is 3. The third kappa shape index (κ3) is 2.31. The molecule has 1 aliphatic heterocycles. The van der Waals surface area contributed by atoms with E-state index in [1.807, 2.05) is 0 Å². The minimum Gasteiger partial charge on any atom is -0.393 e. The molecule has 0 aromatic heterocycles. The van der Waals surface area contributed by atoms with Gasteiger partial charge in [-0.1, -0.05) is 19.3 Å². The number of amides is 2. The highest BCUT2D eigenvalue weighted by Crippen LogP contribution is 2.39. The molecule has 1 heterocycles. The number of carbonyl (C=O) groups is 2. The number of fused-ring (bicyclic) bond motifs is 1. The first-order valence-electron chi connectivity index (χ1n) is 7.72. The summed E-state index contributed by atoms with van der Waals surface area (Å²) < 4.78 is 0. The van der Waals surface area contributed by atoms with Crippen LogP contribution in [0.15, 0.2) is 0 Å². The Balaban J connectivity index is 1.68. The highest BCUT2D eigenvalue weighted by molar-refractivity contribution is 5.98. The molecule has 0 aromatic carbocycles. The van der Waals surface area contributed by atoms with E-state index in [0.717, 1.165) is 38.5 Å². The summed E-state index contributed by atoms with van der Waals surface area (Å²) in [5.41, 5.74) is 0. The molecule has 19 heavy (non-hydrogen) atoms. The van der Waals surface area contributed by atoms with Crippen molar-refractivity contribution in [3.8, 4) is 0 Å². The molecule has 4 nitrogen and oxygen atoms in total. The molecule has 0 spiro atoms. The minimum absolute atomic E-state index is 0.0108. The Morgan fingerprint density at radius 3 is 2.53 bits per heavy atom. The summed E-state index contributed by atoms with van der Waals surface area (Å²) in [5.74, 6) is 0.118. The smallest absolute Gasteiger partial charge is 0.232 e. The summed E-state index contributed by atoms with van der Waals surface area (Å²) >= 11 is 0. The third-order valence-corrected chi connectivity index (χ3v) is 5.27. The van der Waals surface area contributed by atoms with Crippen LogP contribution in [-0.4, -0.2) is 34.5 Å². The predicted octanol–water partition coefficient (Wildman–Crippen LogP) is 1.71. The molecule has 4 heteroatoms. The van der Waals surface area contributed by atoms with Crippen molar-refractivity contribution < 1.29 is 14.7 Å². The van der Waals surface area contributed by atoms with Crippen molar-refractivity contribution in [1.82, 2.24) is 4.90 Å². The van der Waals surface area contributed by atoms with E-state index >= 15 is 0 Å². The molecule has 2 aliphatic carbocycles. The van der Waals surface area contributed by atoms with Crippen LogP contribution in [0.4, 0.5) is 0 Å². The van der Waals surface area contributed by atoms with Gasteiger partial charge in [-0.25, -0.2) is 0 Å². The number of rotatable bonds is 1. The summed E-state index contributed by atoms with van der Waals surface area (Å²) in [5, 5.41) is 9.86. The number of aliphatic hydroxyl groups excluding tert-OH is 1. The van der Waals surface area contributed by atoms with Gasteiger partial charge in [0.25, 0.3) is 0 Å². The van der Waals surface area contributed by atoms with E-state index in [4.69, 9.17) is 0 Å². The Morgan fingerprint density at radius 1 is 1.05 bits per heavy atom. The van der Waals surface area contributed by atoms with Crippen molar-refractivity contribution in [3.05, 3.63) is 0 Å². The van der Waals surface area contributed by atoms with E-state index in [-0.39, 0.29) is 35.7 Å². The fraction of sp³-hybridized carbons (Fsp3) is 0.867. The number of likely N-dealkylation sites (tertiary alicyclic amines) is 1. The van der Waals surface area contributed by atoms with Crippen LogP contribution < -0.4 is 0 Å². The fourth-order valence-corrected chi connectivity index (χ4v) is 4.12. The average molecular weight is 265 g/mol. The molecule has 3 atom stereocenters. The van der Waals surface area contributed by atoms with Crippen LogP contribution >= 0.6 is 0 Å². The maximum Gasteiger partial charge on any atom is 0.232 e. The number of piperidine rings is 1. The van der Waals surface area contributed by atoms with E-state index in [0.29, 0.717) is 13.0 Å². The number of nitrogens with zero attached hydrogens (tertiary/aromatic N) is 1. The normalized spacial score (nSPS) is 36.4. The zero-order chi connectivity index (χ0) is 13.4. The summed E-state index contributed by atoms with van der Waals surface area (Å²) in [7, 11) is 0. The molecular weight excluding hydrogens is 242 g/mol. The van der Waals surface area contributed by atoms with Gasteiger partial charge < -0.3 is 5.11 Å². The van der Waals surface area contributed by atoms with Gasteiger partial charge in [-0.15, -0.1) is 0 Å². The van der Waals surface area contributed by atoms with Crippen molar-refractivity contribution in [1.29, 1.82) is 0 Å². The maximum absolute atomic E-state index is 12.5. The first-order valence-corrected chi connectivity index (χ1v) is 7.72. The Bertz CT molecular complexity index is 368. The molecule has 1 N–H and O–H groups in total. The topological polar surface area (TPSA) is 57.6 Å². The van der Waals surface area contributed by atoms with Crippen LogP contribution in [0.25, 0.3) is 0 Å². The minimum atomic E-state index is -0.333. The molecule has 3 rings (SSSR count). The largest absolute Gasteiger partial charge is 0.393 e. The first-order chi connectivity index (χ1) is 9.18. The fourth-order valence-electron chi connectivity index (χ4n) is 4.12. The summed E-state index contributed by atoms with van der Waals surface area (Å²) in [6, 6.07) is 0. The average Bonchev–Trinajstić information content (AvgIpc) is 2.82. The van der Waals surface area contributed by atoms with Crippen molar-refractivity contribution in [2.75, 3.05) is 6.54 Å². The Hall–Kier alpha value is -0.900. The lowest BCUT2D eigenvalue weighted by Gasteiger charge is -2.36. The summed E-state index contributed by atoms with van der Waals surface area (Å²) in [6.45, 7) is 0.520. The van der Waals surface area contributed by atoms with Crippen LogP contribution in [0.1, 0.15) is 51.4 Å². The highest BCUT2D eigenvalue weighted by Gasteiger charge is 2.46. The first kappa shape index (κ1) is 13.1. The van der Waals surface area contributed by atoms with Gasteiger partial charge >= 0.3 is 0 Å². The zero-order valence-corrected chi connectivity index (χ0v) is 11.4. The number of carbonyl (C=O) groups excluding carboxylic acids is 2. The standard InChI is InChI=1S/C15H23NO3/c17-13-7-6-12-11(13)8-9-16(15(12)19)14(18)10-4-2-1-3-5-10/h10-13,17H,1-9H2/t11-,12-,13-/m1/s1. The molecule has 0 unspecified atom stereocenters. The van der Waals surface area contributed by atoms with E-state index in [2.05, 4.69) is 0 Å². The van der Waals surface area contributed by atoms with Crippen LogP contribution in [0.3, 0.4) is 0 Å². The Morgan fingerprint density at radius 2 is 1.79 bits per heavy atom. The predicted molar refractivity (Wildman–Crippen MR) is 70.1 cm³/mol. The molecule has 0 bridgehead atoms. The molecular formula is C15H23NO3. The molecule has 0 radical (unpaired) electrons. The van der Waals surface area contributed by atoms with Gasteiger partial charge in [-0.05, 0) is 38.0 Å². The van der Waals surface area contributed by atoms with Gasteiger partial charge in [-0.2, -0.15) is 0 Å². The lowest BCUT2D eigenvalue weighted by molar-refractivity contribution is -0.155. The number of hydrogen-bond donors (Lipinski definition) is 1. The van der Waals surface area contributed by atoms with Crippen LogP contribution in [0.5, 0.6) is 0 Å². The van der Waals surface area contributed by atoms with E-state index in [1.165, 1.54) is 11.3 Å². The SMILES string of the molecule is O=C(C1CCCCC1)N1CC[C@H]2[C@H](O)CC[C@H]2C1=O. The Kier molecular flexibility index (Phi) is 3.61. The monoisotopic (exact) mass is 265 g/mol. The molecule has 106 valence electrons. The molecule has 3 aliphatic rings. The van der Waals surface area contributed by atoms with Gasteiger partial charge in [-0.3, -0.25) is 14.5 Å². The number of aliphatic hydroxyl groups is 1. The van der Waals surface area contributed by atoms with Crippen LogP contribution in [0.2, 0.25) is 0 Å². The summed E-state index contributed by atoms with van der Waals surface area (Å²) in [4.78, 5) is 26.4. The molecule has 1 saturated heterocycles. The van der Waals surface area contributed by atoms with Gasteiger partial charge in [0.1, 0.15) is 0 Å². The van der Waals surface area contributed by atoms with Crippen molar-refractivity contribution in [3.63, 3.8) is 0 Å². The van der Waals surface area contributed by atoms with Crippen LogP contribution in [0, 0.1) is 17.8 Å².